The zero-order valence-electron chi connectivity index (χ0n) is 14.9. The fraction of sp³-hybridized carbons (Fsp3) is 0.353. The lowest BCUT2D eigenvalue weighted by atomic mass is 10.4. The fourth-order valence-corrected chi connectivity index (χ4v) is 2.48. The number of nitrogens with one attached hydrogen (secondary N) is 3. The van der Waals surface area contributed by atoms with Crippen LogP contribution in [0, 0.1) is 6.92 Å². The molecule has 0 aromatic carbocycles. The third-order valence-corrected chi connectivity index (χ3v) is 3.69. The van der Waals surface area contributed by atoms with Crippen molar-refractivity contribution >= 4 is 29.5 Å². The van der Waals surface area contributed by atoms with E-state index in [9.17, 15) is 9.59 Å². The Bertz CT molecular complexity index is 800. The molecule has 0 spiro atoms. The molecule has 2 aromatic rings. The Kier molecular flexibility index (Phi) is 5.98. The van der Waals surface area contributed by atoms with E-state index in [4.69, 9.17) is 4.74 Å². The highest BCUT2D eigenvalue weighted by atomic mass is 16.6. The van der Waals surface area contributed by atoms with Crippen LogP contribution in [0.4, 0.5) is 22.2 Å². The molecule has 3 heterocycles. The number of carbonyl (C=O) groups excluding carboxylic acids is 2. The summed E-state index contributed by atoms with van der Waals surface area (Å²) in [6.45, 7) is 3.45. The average Bonchev–Trinajstić information content (AvgIpc) is 3.04. The number of carbonyl (C=O) groups is 2. The third-order valence-electron chi connectivity index (χ3n) is 3.69. The number of pyridine rings is 1. The molecule has 0 aliphatic carbocycles. The molecule has 1 aliphatic heterocycles. The van der Waals surface area contributed by atoms with Gasteiger partial charge in [0.05, 0.1) is 6.54 Å². The minimum absolute atomic E-state index is 0.00356. The minimum Gasteiger partial charge on any atom is -0.448 e. The highest BCUT2D eigenvalue weighted by molar-refractivity contribution is 5.82. The van der Waals surface area contributed by atoms with E-state index >= 15 is 0 Å². The maximum absolute atomic E-state index is 11.8. The van der Waals surface area contributed by atoms with Crippen LogP contribution in [0.15, 0.2) is 30.5 Å². The molecule has 10 heteroatoms. The van der Waals surface area contributed by atoms with Gasteiger partial charge in [0.25, 0.3) is 0 Å². The largest absolute Gasteiger partial charge is 0.448 e. The van der Waals surface area contributed by atoms with Crippen molar-refractivity contribution in [3.63, 3.8) is 0 Å². The Morgan fingerprint density at radius 1 is 1.22 bits per heavy atom. The van der Waals surface area contributed by atoms with Gasteiger partial charge >= 0.3 is 6.09 Å². The number of rotatable bonds is 8. The standard InChI is InChI=1S/C17H21N7O3/c1-12-21-14(10-15(22-12)23-13-4-2-3-5-18-13)19-6-7-20-16(25)11-24-8-9-27-17(24)26/h2-5,10H,6-9,11H2,1H3,(H,20,25)(H2,18,19,21,22,23). The lowest BCUT2D eigenvalue weighted by Crippen LogP contribution is -2.39. The number of cyclic esters (lactones) is 1. The smallest absolute Gasteiger partial charge is 0.410 e. The lowest BCUT2D eigenvalue weighted by Gasteiger charge is -2.13. The van der Waals surface area contributed by atoms with Crippen LogP contribution < -0.4 is 16.0 Å². The zero-order chi connectivity index (χ0) is 19.1. The first-order valence-corrected chi connectivity index (χ1v) is 8.56. The molecule has 0 radical (unpaired) electrons. The topological polar surface area (TPSA) is 121 Å². The number of aromatic nitrogens is 3. The average molecular weight is 371 g/mol. The number of hydrogen-bond donors (Lipinski definition) is 3. The van der Waals surface area contributed by atoms with Crippen LogP contribution >= 0.6 is 0 Å². The summed E-state index contributed by atoms with van der Waals surface area (Å²) in [5, 5.41) is 9.00. The molecule has 27 heavy (non-hydrogen) atoms. The zero-order valence-corrected chi connectivity index (χ0v) is 14.9. The second-order valence-corrected chi connectivity index (χ2v) is 5.84. The van der Waals surface area contributed by atoms with E-state index in [0.717, 1.165) is 0 Å². The Morgan fingerprint density at radius 2 is 2.07 bits per heavy atom. The predicted molar refractivity (Wildman–Crippen MR) is 98.7 cm³/mol. The lowest BCUT2D eigenvalue weighted by molar-refractivity contribution is -0.121. The minimum atomic E-state index is -0.451. The Labute approximate surface area is 156 Å². The van der Waals surface area contributed by atoms with Crippen LogP contribution in [-0.4, -0.2) is 64.6 Å². The van der Waals surface area contributed by atoms with E-state index in [2.05, 4.69) is 30.9 Å². The molecule has 0 saturated carbocycles. The van der Waals surface area contributed by atoms with Crippen LogP contribution in [0.1, 0.15) is 5.82 Å². The molecule has 0 atom stereocenters. The van der Waals surface area contributed by atoms with Gasteiger partial charge in [-0.2, -0.15) is 0 Å². The van der Waals surface area contributed by atoms with E-state index < -0.39 is 6.09 Å². The number of nitrogens with zero attached hydrogens (tertiary/aromatic N) is 4. The quantitative estimate of drug-likeness (QED) is 0.585. The van der Waals surface area contributed by atoms with E-state index in [-0.39, 0.29) is 12.5 Å². The number of hydrogen-bond acceptors (Lipinski definition) is 8. The number of anilines is 3. The van der Waals surface area contributed by atoms with E-state index in [0.29, 0.717) is 49.5 Å². The summed E-state index contributed by atoms with van der Waals surface area (Å²) in [5.74, 6) is 2.33. The summed E-state index contributed by atoms with van der Waals surface area (Å²) in [7, 11) is 0. The summed E-state index contributed by atoms with van der Waals surface area (Å²) >= 11 is 0. The van der Waals surface area contributed by atoms with Crippen LogP contribution in [-0.2, 0) is 9.53 Å². The van der Waals surface area contributed by atoms with Gasteiger partial charge in [0.15, 0.2) is 0 Å². The molecular formula is C17H21N7O3. The molecular weight excluding hydrogens is 350 g/mol. The van der Waals surface area contributed by atoms with Crippen molar-refractivity contribution in [2.45, 2.75) is 6.92 Å². The van der Waals surface area contributed by atoms with Crippen molar-refractivity contribution in [2.75, 3.05) is 43.4 Å². The van der Waals surface area contributed by atoms with Gasteiger partial charge in [-0.1, -0.05) is 6.07 Å². The van der Waals surface area contributed by atoms with Crippen LogP contribution in [0.5, 0.6) is 0 Å². The monoisotopic (exact) mass is 371 g/mol. The summed E-state index contributed by atoms with van der Waals surface area (Å²) in [6, 6.07) is 7.33. The van der Waals surface area contributed by atoms with Crippen LogP contribution in [0.25, 0.3) is 0 Å². The van der Waals surface area contributed by atoms with Crippen molar-refractivity contribution in [3.05, 3.63) is 36.3 Å². The van der Waals surface area contributed by atoms with Crippen LogP contribution in [0.3, 0.4) is 0 Å². The van der Waals surface area contributed by atoms with Gasteiger partial charge in [-0.15, -0.1) is 0 Å². The number of aryl methyl sites for hydroxylation is 1. The molecule has 1 aliphatic rings. The van der Waals surface area contributed by atoms with Gasteiger partial charge in [-0.05, 0) is 19.1 Å². The Morgan fingerprint density at radius 3 is 2.81 bits per heavy atom. The van der Waals surface area contributed by atoms with Crippen molar-refractivity contribution in [2.24, 2.45) is 0 Å². The van der Waals surface area contributed by atoms with Gasteiger partial charge in [0.1, 0.15) is 36.4 Å². The molecule has 3 N–H and O–H groups in total. The predicted octanol–water partition coefficient (Wildman–Crippen LogP) is 0.904. The highest BCUT2D eigenvalue weighted by Crippen LogP contribution is 2.15. The molecule has 0 bridgehead atoms. The number of ether oxygens (including phenoxy) is 1. The van der Waals surface area contributed by atoms with Gasteiger partial charge < -0.3 is 20.7 Å². The first-order chi connectivity index (χ1) is 13.1. The summed E-state index contributed by atoms with van der Waals surface area (Å²) in [6.07, 6.45) is 1.24. The van der Waals surface area contributed by atoms with Gasteiger partial charge in [-0.3, -0.25) is 9.69 Å². The summed E-state index contributed by atoms with van der Waals surface area (Å²) < 4.78 is 4.78. The molecule has 1 saturated heterocycles. The van der Waals surface area contributed by atoms with Gasteiger partial charge in [0.2, 0.25) is 5.91 Å². The van der Waals surface area contributed by atoms with Crippen LogP contribution in [0.2, 0.25) is 0 Å². The normalized spacial score (nSPS) is 13.2. The maximum atomic E-state index is 11.8. The summed E-state index contributed by atoms with van der Waals surface area (Å²) in [5.41, 5.74) is 0. The molecule has 0 unspecified atom stereocenters. The van der Waals surface area contributed by atoms with Gasteiger partial charge in [-0.25, -0.2) is 19.7 Å². The maximum Gasteiger partial charge on any atom is 0.410 e. The Balaban J connectivity index is 1.45. The molecule has 10 nitrogen and oxygen atoms in total. The Hall–Kier alpha value is -3.43. The molecule has 142 valence electrons. The first-order valence-electron chi connectivity index (χ1n) is 8.56. The van der Waals surface area contributed by atoms with Crippen molar-refractivity contribution in [1.82, 2.24) is 25.2 Å². The van der Waals surface area contributed by atoms with E-state index in [1.165, 1.54) is 4.90 Å². The first kappa shape index (κ1) is 18.4. The highest BCUT2D eigenvalue weighted by Gasteiger charge is 2.23. The molecule has 2 amide bonds. The van der Waals surface area contributed by atoms with Gasteiger partial charge in [0, 0.05) is 25.4 Å². The number of amides is 2. The second kappa shape index (κ2) is 8.79. The van der Waals surface area contributed by atoms with Crippen molar-refractivity contribution < 1.29 is 14.3 Å². The second-order valence-electron chi connectivity index (χ2n) is 5.84. The molecule has 3 rings (SSSR count). The van der Waals surface area contributed by atoms with Crippen molar-refractivity contribution in [3.8, 4) is 0 Å². The fourth-order valence-electron chi connectivity index (χ4n) is 2.48. The van der Waals surface area contributed by atoms with Crippen molar-refractivity contribution in [1.29, 1.82) is 0 Å². The third kappa shape index (κ3) is 5.53. The SMILES string of the molecule is Cc1nc(NCCNC(=O)CN2CCOC2=O)cc(Nc2ccccn2)n1. The molecule has 2 aromatic heterocycles. The van der Waals surface area contributed by atoms with E-state index in [1.807, 2.05) is 18.2 Å². The molecule has 1 fully saturated rings. The summed E-state index contributed by atoms with van der Waals surface area (Å²) in [4.78, 5) is 37.4. The van der Waals surface area contributed by atoms with E-state index in [1.54, 1.807) is 19.2 Å².